The van der Waals surface area contributed by atoms with Crippen molar-refractivity contribution in [3.05, 3.63) is 18.7 Å². The summed E-state index contributed by atoms with van der Waals surface area (Å²) in [6.07, 6.45) is 8.24. The van der Waals surface area contributed by atoms with E-state index in [1.807, 2.05) is 10.8 Å². The first-order chi connectivity index (χ1) is 12.0. The van der Waals surface area contributed by atoms with E-state index < -0.39 is 10.0 Å². The van der Waals surface area contributed by atoms with Gasteiger partial charge >= 0.3 is 0 Å². The van der Waals surface area contributed by atoms with Crippen LogP contribution in [0.5, 0.6) is 0 Å². The molecule has 2 aliphatic rings. The summed E-state index contributed by atoms with van der Waals surface area (Å²) in [6.45, 7) is 1.80. The third-order valence-electron chi connectivity index (χ3n) is 4.95. The lowest BCUT2D eigenvalue weighted by Gasteiger charge is -2.32. The number of amides is 2. The van der Waals surface area contributed by atoms with E-state index in [4.69, 9.17) is 0 Å². The van der Waals surface area contributed by atoms with E-state index in [-0.39, 0.29) is 24.1 Å². The average Bonchev–Trinajstić information content (AvgIpc) is 3.08. The van der Waals surface area contributed by atoms with Crippen LogP contribution in [0.25, 0.3) is 0 Å². The normalized spacial score (nSPS) is 21.0. The molecule has 3 heterocycles. The van der Waals surface area contributed by atoms with E-state index in [1.165, 1.54) is 4.31 Å². The number of hydrogen-bond donors (Lipinski definition) is 0. The van der Waals surface area contributed by atoms with Gasteiger partial charge in [0.15, 0.2) is 0 Å². The van der Waals surface area contributed by atoms with Gasteiger partial charge in [-0.1, -0.05) is 0 Å². The minimum atomic E-state index is -3.45. The Morgan fingerprint density at radius 3 is 2.40 bits per heavy atom. The van der Waals surface area contributed by atoms with Gasteiger partial charge in [0.1, 0.15) is 0 Å². The van der Waals surface area contributed by atoms with Gasteiger partial charge in [-0.15, -0.1) is 0 Å². The molecule has 2 amide bonds. The first-order valence-corrected chi connectivity index (χ1v) is 10.3. The average molecular weight is 368 g/mol. The first-order valence-electron chi connectivity index (χ1n) is 8.72. The maximum atomic E-state index is 12.5. The van der Waals surface area contributed by atoms with E-state index >= 15 is 0 Å². The lowest BCUT2D eigenvalue weighted by atomic mass is 9.98. The van der Waals surface area contributed by atoms with Crippen LogP contribution in [-0.2, 0) is 26.2 Å². The molecule has 25 heavy (non-hydrogen) atoms. The summed E-state index contributed by atoms with van der Waals surface area (Å²) >= 11 is 0. The number of likely N-dealkylation sites (tertiary alicyclic amines) is 1. The largest absolute Gasteiger partial charge is 0.337 e. The van der Waals surface area contributed by atoms with Crippen LogP contribution < -0.4 is 0 Å². The molecule has 1 aromatic heterocycles. The molecular formula is C16H24N4O4S. The molecule has 1 aromatic rings. The zero-order valence-corrected chi connectivity index (χ0v) is 15.0. The molecule has 2 saturated heterocycles. The van der Waals surface area contributed by atoms with Gasteiger partial charge in [0.05, 0.1) is 12.1 Å². The molecule has 0 aliphatic carbocycles. The maximum absolute atomic E-state index is 12.5. The van der Waals surface area contributed by atoms with Gasteiger partial charge in [-0.25, -0.2) is 17.7 Å². The fourth-order valence-electron chi connectivity index (χ4n) is 3.45. The summed E-state index contributed by atoms with van der Waals surface area (Å²) < 4.78 is 28.6. The Labute approximate surface area is 147 Å². The zero-order valence-electron chi connectivity index (χ0n) is 14.2. The van der Waals surface area contributed by atoms with Gasteiger partial charge in [0.2, 0.25) is 21.8 Å². The number of hydrogen-bond acceptors (Lipinski definition) is 5. The van der Waals surface area contributed by atoms with Crippen molar-refractivity contribution in [2.24, 2.45) is 5.92 Å². The molecule has 8 nitrogen and oxygen atoms in total. The summed E-state index contributed by atoms with van der Waals surface area (Å²) in [7, 11) is -3.45. The SMILES string of the molecule is O=C1CCCC(=O)N1CCS(=O)(=O)N1CCC(Cn2ccnc2)CC1. The summed E-state index contributed by atoms with van der Waals surface area (Å²) in [5, 5.41) is 0. The van der Waals surface area contributed by atoms with E-state index in [0.717, 1.165) is 24.3 Å². The number of carbonyl (C=O) groups is 2. The number of carbonyl (C=O) groups excluding carboxylic acids is 2. The Kier molecular flexibility index (Phi) is 5.53. The van der Waals surface area contributed by atoms with Crippen molar-refractivity contribution in [2.45, 2.75) is 38.6 Å². The molecular weight excluding hydrogens is 344 g/mol. The van der Waals surface area contributed by atoms with Crippen LogP contribution in [-0.4, -0.2) is 64.4 Å². The molecule has 138 valence electrons. The Morgan fingerprint density at radius 2 is 1.80 bits per heavy atom. The predicted octanol–water partition coefficient (Wildman–Crippen LogP) is 0.464. The van der Waals surface area contributed by atoms with Gasteiger partial charge in [-0.2, -0.15) is 0 Å². The Bertz CT molecular complexity index is 693. The molecule has 2 aliphatic heterocycles. The zero-order chi connectivity index (χ0) is 17.9. The third-order valence-corrected chi connectivity index (χ3v) is 6.80. The molecule has 0 saturated carbocycles. The highest BCUT2D eigenvalue weighted by atomic mass is 32.2. The number of aromatic nitrogens is 2. The van der Waals surface area contributed by atoms with Crippen molar-refractivity contribution < 1.29 is 18.0 Å². The highest BCUT2D eigenvalue weighted by molar-refractivity contribution is 7.89. The first kappa shape index (κ1) is 18.1. The van der Waals surface area contributed by atoms with E-state index in [9.17, 15) is 18.0 Å². The lowest BCUT2D eigenvalue weighted by molar-refractivity contribution is -0.147. The number of rotatable bonds is 6. The predicted molar refractivity (Wildman–Crippen MR) is 90.9 cm³/mol. The summed E-state index contributed by atoms with van der Waals surface area (Å²) in [5.74, 6) is -0.265. The van der Waals surface area contributed by atoms with Crippen LogP contribution in [0.4, 0.5) is 0 Å². The monoisotopic (exact) mass is 368 g/mol. The maximum Gasteiger partial charge on any atom is 0.229 e. The molecule has 0 aromatic carbocycles. The van der Waals surface area contributed by atoms with Crippen LogP contribution in [0.2, 0.25) is 0 Å². The molecule has 0 bridgehead atoms. The molecule has 0 spiro atoms. The Hall–Kier alpha value is -1.74. The molecule has 2 fully saturated rings. The molecule has 0 unspecified atom stereocenters. The minimum absolute atomic E-state index is 0.0328. The van der Waals surface area contributed by atoms with Gasteiger partial charge in [-0.05, 0) is 25.2 Å². The number of imide groups is 1. The second kappa shape index (κ2) is 7.65. The topological polar surface area (TPSA) is 92.6 Å². The van der Waals surface area contributed by atoms with Crippen LogP contribution in [0.3, 0.4) is 0 Å². The van der Waals surface area contributed by atoms with Crippen molar-refractivity contribution in [1.82, 2.24) is 18.8 Å². The van der Waals surface area contributed by atoms with Gasteiger partial charge < -0.3 is 4.57 Å². The van der Waals surface area contributed by atoms with Crippen LogP contribution in [0.1, 0.15) is 32.1 Å². The van der Waals surface area contributed by atoms with Gasteiger partial charge in [-0.3, -0.25) is 14.5 Å². The van der Waals surface area contributed by atoms with Crippen molar-refractivity contribution in [3.8, 4) is 0 Å². The minimum Gasteiger partial charge on any atom is -0.337 e. The van der Waals surface area contributed by atoms with Gasteiger partial charge in [0.25, 0.3) is 0 Å². The fraction of sp³-hybridized carbons (Fsp3) is 0.688. The van der Waals surface area contributed by atoms with E-state index in [2.05, 4.69) is 4.98 Å². The molecule has 0 N–H and O–H groups in total. The van der Waals surface area contributed by atoms with Gasteiger partial charge in [0, 0.05) is 51.4 Å². The van der Waals surface area contributed by atoms with Crippen LogP contribution in [0, 0.1) is 5.92 Å². The summed E-state index contributed by atoms with van der Waals surface area (Å²) in [4.78, 5) is 28.7. The second-order valence-corrected chi connectivity index (χ2v) is 8.80. The summed E-state index contributed by atoms with van der Waals surface area (Å²) in [5.41, 5.74) is 0. The molecule has 0 atom stereocenters. The van der Waals surface area contributed by atoms with E-state index in [1.54, 1.807) is 12.5 Å². The van der Waals surface area contributed by atoms with Crippen molar-refractivity contribution in [3.63, 3.8) is 0 Å². The molecule has 9 heteroatoms. The number of piperidine rings is 2. The quantitative estimate of drug-likeness (QED) is 0.680. The summed E-state index contributed by atoms with van der Waals surface area (Å²) in [6, 6.07) is 0. The van der Waals surface area contributed by atoms with Crippen LogP contribution >= 0.6 is 0 Å². The number of nitrogens with zero attached hydrogens (tertiary/aromatic N) is 4. The van der Waals surface area contributed by atoms with Crippen molar-refractivity contribution >= 4 is 21.8 Å². The second-order valence-electron chi connectivity index (χ2n) is 6.71. The Balaban J connectivity index is 1.49. The number of imidazole rings is 1. The highest BCUT2D eigenvalue weighted by Crippen LogP contribution is 2.22. The van der Waals surface area contributed by atoms with Crippen molar-refractivity contribution in [1.29, 1.82) is 0 Å². The molecule has 3 rings (SSSR count). The smallest absolute Gasteiger partial charge is 0.229 e. The standard InChI is InChI=1S/C16H24N4O4S/c21-15-2-1-3-16(22)20(15)10-11-25(23,24)19-7-4-14(5-8-19)12-18-9-6-17-13-18/h6,9,13-14H,1-5,7-8,10-12H2. The third kappa shape index (κ3) is 4.46. The van der Waals surface area contributed by atoms with Crippen molar-refractivity contribution in [2.75, 3.05) is 25.4 Å². The fourth-order valence-corrected chi connectivity index (χ4v) is 4.89. The van der Waals surface area contributed by atoms with Crippen LogP contribution in [0.15, 0.2) is 18.7 Å². The number of sulfonamides is 1. The van der Waals surface area contributed by atoms with E-state index in [0.29, 0.717) is 38.3 Å². The molecule has 0 radical (unpaired) electrons. The lowest BCUT2D eigenvalue weighted by Crippen LogP contribution is -2.46. The Morgan fingerprint density at radius 1 is 1.12 bits per heavy atom. The highest BCUT2D eigenvalue weighted by Gasteiger charge is 2.31.